The molecule has 0 radical (unpaired) electrons. The lowest BCUT2D eigenvalue weighted by molar-refractivity contribution is -0.538. The first-order valence-electron chi connectivity index (χ1n) is 7.28. The molecule has 1 aromatic heterocycles. The number of nitro groups is 1. The zero-order valence-electron chi connectivity index (χ0n) is 12.4. The summed E-state index contributed by atoms with van der Waals surface area (Å²) in [6.07, 6.45) is 0.521. The maximum absolute atomic E-state index is 11.7. The predicted molar refractivity (Wildman–Crippen MR) is 76.4 cm³/mol. The summed E-state index contributed by atoms with van der Waals surface area (Å²) < 4.78 is 0. The Labute approximate surface area is 130 Å². The molecule has 5 unspecified atom stereocenters. The first-order valence-corrected chi connectivity index (χ1v) is 7.28. The number of carbonyl (C=O) groups is 2. The first kappa shape index (κ1) is 15.2. The molecule has 0 bridgehead atoms. The number of carbonyl (C=O) groups excluding carboxylic acids is 2. The molecule has 2 fully saturated rings. The maximum Gasteiger partial charge on any atom is 0.309 e. The third-order valence-corrected chi connectivity index (χ3v) is 4.74. The van der Waals surface area contributed by atoms with E-state index in [1.807, 2.05) is 0 Å². The summed E-state index contributed by atoms with van der Waals surface area (Å²) in [7, 11) is 0. The van der Waals surface area contributed by atoms with E-state index < -0.39 is 29.9 Å². The number of anilines is 1. The zero-order chi connectivity index (χ0) is 16.7. The second-order valence-electron chi connectivity index (χ2n) is 6.04. The van der Waals surface area contributed by atoms with Crippen molar-refractivity contribution in [3.63, 3.8) is 0 Å². The molecular formula is C12H17N7O4. The molecule has 1 aliphatic heterocycles. The first-order chi connectivity index (χ1) is 10.9. The molecule has 1 saturated heterocycles. The Bertz CT molecular complexity index is 660. The summed E-state index contributed by atoms with van der Waals surface area (Å²) in [4.78, 5) is 38.2. The molecule has 2 aliphatic rings. The number of aromatic amines is 1. The van der Waals surface area contributed by atoms with Crippen molar-refractivity contribution in [2.75, 3.05) is 5.73 Å². The van der Waals surface area contributed by atoms with Crippen LogP contribution in [0.5, 0.6) is 0 Å². The summed E-state index contributed by atoms with van der Waals surface area (Å²) in [5, 5.41) is 23.0. The van der Waals surface area contributed by atoms with Crippen LogP contribution in [0.4, 0.5) is 5.95 Å². The molecule has 1 saturated carbocycles. The van der Waals surface area contributed by atoms with Crippen molar-refractivity contribution in [3.05, 3.63) is 15.9 Å². The molecule has 11 nitrogen and oxygen atoms in total. The number of aromatic nitrogens is 3. The fourth-order valence-corrected chi connectivity index (χ4v) is 3.55. The number of amides is 2. The number of hydrogen-bond donors (Lipinski definition) is 4. The van der Waals surface area contributed by atoms with E-state index in [-0.39, 0.29) is 29.1 Å². The molecule has 1 aliphatic carbocycles. The number of rotatable bonds is 3. The van der Waals surface area contributed by atoms with Gasteiger partial charge in [0.25, 0.3) is 0 Å². The number of fused-ring (bicyclic) bond motifs is 1. The average Bonchev–Trinajstić information content (AvgIpc) is 2.89. The second kappa shape index (κ2) is 5.48. The van der Waals surface area contributed by atoms with Crippen molar-refractivity contribution in [3.8, 4) is 0 Å². The number of nitrogens with two attached hydrogens (primary N) is 1. The van der Waals surface area contributed by atoms with E-state index in [4.69, 9.17) is 5.73 Å². The maximum atomic E-state index is 11.7. The monoisotopic (exact) mass is 323 g/mol. The van der Waals surface area contributed by atoms with Crippen molar-refractivity contribution < 1.29 is 14.5 Å². The van der Waals surface area contributed by atoms with Gasteiger partial charge in [-0.3, -0.25) is 24.8 Å². The van der Waals surface area contributed by atoms with Gasteiger partial charge in [0.15, 0.2) is 0 Å². The summed E-state index contributed by atoms with van der Waals surface area (Å²) in [6.45, 7) is 1.77. The van der Waals surface area contributed by atoms with E-state index in [1.165, 1.54) is 0 Å². The van der Waals surface area contributed by atoms with E-state index in [2.05, 4.69) is 25.8 Å². The van der Waals surface area contributed by atoms with Gasteiger partial charge < -0.3 is 16.4 Å². The third-order valence-electron chi connectivity index (χ3n) is 4.74. The van der Waals surface area contributed by atoms with Crippen LogP contribution >= 0.6 is 0 Å². The minimum atomic E-state index is -0.808. The molecule has 5 N–H and O–H groups in total. The van der Waals surface area contributed by atoms with Gasteiger partial charge in [-0.2, -0.15) is 4.98 Å². The Morgan fingerprint density at radius 2 is 2.04 bits per heavy atom. The van der Waals surface area contributed by atoms with Crippen molar-refractivity contribution in [2.45, 2.75) is 37.9 Å². The van der Waals surface area contributed by atoms with Crippen molar-refractivity contribution >= 4 is 17.8 Å². The van der Waals surface area contributed by atoms with Crippen LogP contribution in [0.25, 0.3) is 0 Å². The Kier molecular flexibility index (Phi) is 3.62. The van der Waals surface area contributed by atoms with Crippen LogP contribution in [0.15, 0.2) is 0 Å². The lowest BCUT2D eigenvalue weighted by Crippen LogP contribution is -2.69. The Hall–Kier alpha value is -2.72. The Balaban J connectivity index is 1.89. The van der Waals surface area contributed by atoms with Gasteiger partial charge in [-0.15, -0.1) is 5.10 Å². The van der Waals surface area contributed by atoms with Crippen LogP contribution in [-0.2, 0) is 16.0 Å². The fourth-order valence-electron chi connectivity index (χ4n) is 3.55. The van der Waals surface area contributed by atoms with Gasteiger partial charge >= 0.3 is 11.8 Å². The number of hydrogen-bond acceptors (Lipinski definition) is 7. The minimum Gasteiger partial charge on any atom is -0.367 e. The highest BCUT2D eigenvalue weighted by molar-refractivity contribution is 6.35. The molecule has 2 heterocycles. The quantitative estimate of drug-likeness (QED) is 0.289. The third kappa shape index (κ3) is 2.69. The van der Waals surface area contributed by atoms with Gasteiger partial charge in [-0.25, -0.2) is 0 Å². The zero-order valence-corrected chi connectivity index (χ0v) is 12.4. The van der Waals surface area contributed by atoms with Gasteiger partial charge in [0.1, 0.15) is 5.82 Å². The molecule has 3 rings (SSSR count). The normalized spacial score (nSPS) is 33.5. The van der Waals surface area contributed by atoms with Crippen molar-refractivity contribution in [1.82, 2.24) is 25.8 Å². The minimum absolute atomic E-state index is 0.0896. The number of nitrogens with one attached hydrogen (secondary N) is 3. The molecular weight excluding hydrogens is 306 g/mol. The van der Waals surface area contributed by atoms with E-state index >= 15 is 0 Å². The summed E-state index contributed by atoms with van der Waals surface area (Å²) in [5.41, 5.74) is 5.48. The average molecular weight is 323 g/mol. The SMILES string of the molecule is CC1C(Cc2nc(N)n[nH]2)C2NC(=O)C(=O)NC2CC1[N+](=O)[O-]. The van der Waals surface area contributed by atoms with Crippen LogP contribution < -0.4 is 16.4 Å². The largest absolute Gasteiger partial charge is 0.367 e. The molecule has 11 heteroatoms. The van der Waals surface area contributed by atoms with E-state index in [1.54, 1.807) is 6.92 Å². The highest BCUT2D eigenvalue weighted by atomic mass is 16.6. The fraction of sp³-hybridized carbons (Fsp3) is 0.667. The highest BCUT2D eigenvalue weighted by Gasteiger charge is 2.51. The standard InChI is InChI=1S/C12H17N7O4/c1-4-5(2-8-15-12(13)18-17-8)9-6(3-7(4)19(22)23)14-10(20)11(21)16-9/h4-7,9H,2-3H2,1H3,(H,14,20)(H,16,21)(H3,13,15,17,18). The smallest absolute Gasteiger partial charge is 0.309 e. The number of nitrogen functional groups attached to an aromatic ring is 1. The van der Waals surface area contributed by atoms with E-state index in [0.717, 1.165) is 0 Å². The second-order valence-corrected chi connectivity index (χ2v) is 6.04. The molecule has 2 amide bonds. The molecule has 124 valence electrons. The van der Waals surface area contributed by atoms with Gasteiger partial charge in [0.2, 0.25) is 12.0 Å². The number of nitrogens with zero attached hydrogens (tertiary/aromatic N) is 3. The van der Waals surface area contributed by atoms with Gasteiger partial charge in [-0.1, -0.05) is 6.92 Å². The van der Waals surface area contributed by atoms with Crippen LogP contribution in [0.2, 0.25) is 0 Å². The topological polar surface area (TPSA) is 169 Å². The summed E-state index contributed by atoms with van der Waals surface area (Å²) >= 11 is 0. The van der Waals surface area contributed by atoms with Crippen molar-refractivity contribution in [1.29, 1.82) is 0 Å². The molecule has 1 aromatic rings. The number of H-pyrrole nitrogens is 1. The van der Waals surface area contributed by atoms with Crippen molar-refractivity contribution in [2.24, 2.45) is 11.8 Å². The summed E-state index contributed by atoms with van der Waals surface area (Å²) in [5.74, 6) is -1.49. The van der Waals surface area contributed by atoms with Crippen LogP contribution in [0.3, 0.4) is 0 Å². The van der Waals surface area contributed by atoms with Crippen LogP contribution in [0, 0.1) is 22.0 Å². The molecule has 23 heavy (non-hydrogen) atoms. The lowest BCUT2D eigenvalue weighted by atomic mass is 9.69. The summed E-state index contributed by atoms with van der Waals surface area (Å²) in [6, 6.07) is -1.67. The predicted octanol–water partition coefficient (Wildman–Crippen LogP) is -1.79. The lowest BCUT2D eigenvalue weighted by Gasteiger charge is -2.45. The van der Waals surface area contributed by atoms with Crippen LogP contribution in [-0.4, -0.2) is 50.0 Å². The molecule has 0 aromatic carbocycles. The van der Waals surface area contributed by atoms with E-state index in [9.17, 15) is 19.7 Å². The highest BCUT2D eigenvalue weighted by Crippen LogP contribution is 2.35. The van der Waals surface area contributed by atoms with Crippen LogP contribution in [0.1, 0.15) is 19.2 Å². The van der Waals surface area contributed by atoms with E-state index in [0.29, 0.717) is 12.2 Å². The molecule has 5 atom stereocenters. The van der Waals surface area contributed by atoms with Gasteiger partial charge in [0, 0.05) is 23.7 Å². The Morgan fingerprint density at radius 3 is 2.65 bits per heavy atom. The van der Waals surface area contributed by atoms with Gasteiger partial charge in [0.05, 0.1) is 12.1 Å². The number of piperazine rings is 1. The molecule has 0 spiro atoms. The Morgan fingerprint density at radius 1 is 1.35 bits per heavy atom. The van der Waals surface area contributed by atoms with Gasteiger partial charge in [-0.05, 0) is 5.92 Å².